The molecule has 1 fully saturated rings. The van der Waals surface area contributed by atoms with Gasteiger partial charge in [0.25, 0.3) is 0 Å². The molecule has 0 unspecified atom stereocenters. The van der Waals surface area contributed by atoms with E-state index in [4.69, 9.17) is 15.6 Å². The van der Waals surface area contributed by atoms with E-state index < -0.39 is 36.8 Å². The fourth-order valence-electron chi connectivity index (χ4n) is 1.64. The molecule has 0 aliphatic carbocycles. The molecule has 9 heteroatoms. The van der Waals surface area contributed by atoms with Crippen molar-refractivity contribution in [2.75, 3.05) is 12.3 Å². The van der Waals surface area contributed by atoms with Gasteiger partial charge in [0.1, 0.15) is 24.6 Å². The highest BCUT2D eigenvalue weighted by molar-refractivity contribution is 5.10. The molecule has 5 N–H and O–H groups in total. The maximum absolute atomic E-state index is 11.5. The number of aliphatic hydroxyl groups excluding tert-OH is 3. The monoisotopic (exact) mass is 244 g/mol. The van der Waals surface area contributed by atoms with Crippen LogP contribution in [0.2, 0.25) is 0 Å². The molecule has 1 saturated heterocycles. The summed E-state index contributed by atoms with van der Waals surface area (Å²) in [6, 6.07) is 0. The third-order valence-electron chi connectivity index (χ3n) is 2.54. The van der Waals surface area contributed by atoms with Gasteiger partial charge in [-0.2, -0.15) is 4.98 Å². The summed E-state index contributed by atoms with van der Waals surface area (Å²) in [7, 11) is 0. The first-order valence-electron chi connectivity index (χ1n) is 4.87. The van der Waals surface area contributed by atoms with Crippen molar-refractivity contribution in [1.82, 2.24) is 14.5 Å². The predicted molar refractivity (Wildman–Crippen MR) is 53.7 cm³/mol. The molecule has 0 bridgehead atoms. The maximum Gasteiger partial charge on any atom is 0.354 e. The zero-order chi connectivity index (χ0) is 12.6. The fourth-order valence-corrected chi connectivity index (χ4v) is 1.64. The summed E-state index contributed by atoms with van der Waals surface area (Å²) < 4.78 is 6.04. The van der Waals surface area contributed by atoms with Gasteiger partial charge in [0.2, 0.25) is 5.95 Å². The van der Waals surface area contributed by atoms with Crippen LogP contribution in [0.15, 0.2) is 11.1 Å². The van der Waals surface area contributed by atoms with Gasteiger partial charge in [-0.1, -0.05) is 0 Å². The van der Waals surface area contributed by atoms with Crippen LogP contribution < -0.4 is 11.4 Å². The van der Waals surface area contributed by atoms with E-state index in [1.165, 1.54) is 0 Å². The van der Waals surface area contributed by atoms with Gasteiger partial charge in [-0.3, -0.25) is 4.57 Å². The standard InChI is InChI=1S/C8H12N4O5/c9-7-10-2-12(8(16)11-7)6-5(15)4(14)3(1-13)17-6/h2-6,13-15H,1H2,(H2,9,11,16)/t3-,4-,5+,6+/m1/s1. The smallest absolute Gasteiger partial charge is 0.354 e. The highest BCUT2D eigenvalue weighted by atomic mass is 16.6. The van der Waals surface area contributed by atoms with E-state index in [2.05, 4.69) is 9.97 Å². The molecule has 1 aromatic rings. The minimum absolute atomic E-state index is 0.196. The summed E-state index contributed by atoms with van der Waals surface area (Å²) in [6.07, 6.45) is -3.67. The van der Waals surface area contributed by atoms with E-state index >= 15 is 0 Å². The highest BCUT2D eigenvalue weighted by Crippen LogP contribution is 2.27. The number of rotatable bonds is 2. The van der Waals surface area contributed by atoms with Crippen LogP contribution in [0.3, 0.4) is 0 Å². The Labute approximate surface area is 95.1 Å². The maximum atomic E-state index is 11.5. The molecule has 9 nitrogen and oxygen atoms in total. The molecule has 0 aromatic carbocycles. The summed E-state index contributed by atoms with van der Waals surface area (Å²) in [5.41, 5.74) is 4.46. The van der Waals surface area contributed by atoms with Crippen molar-refractivity contribution in [1.29, 1.82) is 0 Å². The predicted octanol–water partition coefficient (Wildman–Crippen LogP) is -3.17. The van der Waals surface area contributed by atoms with Crippen molar-refractivity contribution in [2.24, 2.45) is 0 Å². The van der Waals surface area contributed by atoms with Gasteiger partial charge in [0.15, 0.2) is 6.23 Å². The molecule has 1 aliphatic heterocycles. The fraction of sp³-hybridized carbons (Fsp3) is 0.625. The Balaban J connectivity index is 2.32. The second-order valence-electron chi connectivity index (χ2n) is 3.63. The first-order chi connectivity index (χ1) is 8.04. The molecule has 2 rings (SSSR count). The number of anilines is 1. The summed E-state index contributed by atoms with van der Waals surface area (Å²) in [5.74, 6) is -0.196. The molecule has 0 radical (unpaired) electrons. The van der Waals surface area contributed by atoms with Gasteiger partial charge in [-0.15, -0.1) is 0 Å². The van der Waals surface area contributed by atoms with Crippen molar-refractivity contribution in [3.05, 3.63) is 16.8 Å². The van der Waals surface area contributed by atoms with Crippen molar-refractivity contribution < 1.29 is 20.1 Å². The number of nitrogens with zero attached hydrogens (tertiary/aromatic N) is 3. The van der Waals surface area contributed by atoms with Gasteiger partial charge < -0.3 is 25.8 Å². The molecule has 4 atom stereocenters. The van der Waals surface area contributed by atoms with E-state index in [-0.39, 0.29) is 5.95 Å². The Hall–Kier alpha value is -1.55. The van der Waals surface area contributed by atoms with E-state index in [1.54, 1.807) is 0 Å². The molecular formula is C8H12N4O5. The molecule has 1 aromatic heterocycles. The number of nitrogen functional groups attached to an aromatic ring is 1. The molecule has 94 valence electrons. The van der Waals surface area contributed by atoms with Crippen molar-refractivity contribution in [3.8, 4) is 0 Å². The summed E-state index contributed by atoms with van der Waals surface area (Å²) in [6.45, 7) is -0.473. The van der Waals surface area contributed by atoms with Crippen LogP contribution >= 0.6 is 0 Å². The Morgan fingerprint density at radius 3 is 2.71 bits per heavy atom. The van der Waals surface area contributed by atoms with Gasteiger partial charge in [0, 0.05) is 0 Å². The molecule has 1 aliphatic rings. The Morgan fingerprint density at radius 1 is 1.47 bits per heavy atom. The lowest BCUT2D eigenvalue weighted by atomic mass is 10.1. The number of aromatic nitrogens is 3. The third kappa shape index (κ3) is 2.00. The number of ether oxygens (including phenoxy) is 1. The average Bonchev–Trinajstić information content (AvgIpc) is 2.57. The summed E-state index contributed by atoms with van der Waals surface area (Å²) >= 11 is 0. The second-order valence-corrected chi connectivity index (χ2v) is 3.63. The van der Waals surface area contributed by atoms with Crippen LogP contribution in [-0.4, -0.2) is 54.8 Å². The molecule has 2 heterocycles. The first-order valence-corrected chi connectivity index (χ1v) is 4.87. The van der Waals surface area contributed by atoms with Gasteiger partial charge in [0.05, 0.1) is 6.61 Å². The van der Waals surface area contributed by atoms with E-state index in [0.717, 1.165) is 10.9 Å². The van der Waals surface area contributed by atoms with E-state index in [1.807, 2.05) is 0 Å². The van der Waals surface area contributed by atoms with Crippen molar-refractivity contribution >= 4 is 5.95 Å². The zero-order valence-corrected chi connectivity index (χ0v) is 8.67. The van der Waals surface area contributed by atoms with Crippen LogP contribution in [-0.2, 0) is 4.74 Å². The Kier molecular flexibility index (Phi) is 3.07. The van der Waals surface area contributed by atoms with E-state index in [9.17, 15) is 15.0 Å². The molecule has 0 amide bonds. The van der Waals surface area contributed by atoms with Crippen LogP contribution in [0, 0.1) is 0 Å². The van der Waals surface area contributed by atoms with Crippen molar-refractivity contribution in [2.45, 2.75) is 24.5 Å². The van der Waals surface area contributed by atoms with Crippen LogP contribution in [0.5, 0.6) is 0 Å². The number of hydrogen-bond donors (Lipinski definition) is 4. The van der Waals surface area contributed by atoms with Crippen LogP contribution in [0.25, 0.3) is 0 Å². The summed E-state index contributed by atoms with van der Waals surface area (Å²) in [4.78, 5) is 18.4. The Bertz CT molecular complexity index is 463. The summed E-state index contributed by atoms with van der Waals surface area (Å²) in [5, 5.41) is 28.1. The van der Waals surface area contributed by atoms with Gasteiger partial charge in [-0.05, 0) is 0 Å². The largest absolute Gasteiger partial charge is 0.394 e. The molecular weight excluding hydrogens is 232 g/mol. The van der Waals surface area contributed by atoms with Gasteiger partial charge >= 0.3 is 5.69 Å². The lowest BCUT2D eigenvalue weighted by Crippen LogP contribution is -2.36. The Morgan fingerprint density at radius 2 is 2.18 bits per heavy atom. The minimum atomic E-state index is -1.35. The molecule has 0 saturated carbocycles. The lowest BCUT2D eigenvalue weighted by molar-refractivity contribution is -0.0554. The zero-order valence-electron chi connectivity index (χ0n) is 8.67. The number of hydrogen-bond acceptors (Lipinski definition) is 8. The third-order valence-corrected chi connectivity index (χ3v) is 2.54. The first kappa shape index (κ1) is 11.9. The highest BCUT2D eigenvalue weighted by Gasteiger charge is 2.43. The lowest BCUT2D eigenvalue weighted by Gasteiger charge is -2.16. The number of aliphatic hydroxyl groups is 3. The van der Waals surface area contributed by atoms with E-state index in [0.29, 0.717) is 0 Å². The molecule has 17 heavy (non-hydrogen) atoms. The van der Waals surface area contributed by atoms with Crippen LogP contribution in [0.4, 0.5) is 5.95 Å². The average molecular weight is 244 g/mol. The van der Waals surface area contributed by atoms with Crippen LogP contribution in [0.1, 0.15) is 6.23 Å². The SMILES string of the molecule is Nc1ncn([C@H]2O[C@H](CO)[C@@H](O)[C@@H]2O)c(=O)n1. The normalized spacial score (nSPS) is 32.9. The topological polar surface area (TPSA) is 144 Å². The number of nitrogens with two attached hydrogens (primary N) is 1. The quantitative estimate of drug-likeness (QED) is 0.426. The minimum Gasteiger partial charge on any atom is -0.394 e. The van der Waals surface area contributed by atoms with Gasteiger partial charge in [-0.25, -0.2) is 9.78 Å². The second kappa shape index (κ2) is 4.37. The van der Waals surface area contributed by atoms with Crippen molar-refractivity contribution in [3.63, 3.8) is 0 Å². The molecule has 0 spiro atoms.